The summed E-state index contributed by atoms with van der Waals surface area (Å²) in [5.74, 6) is 0.509. The van der Waals surface area contributed by atoms with Gasteiger partial charge in [0.15, 0.2) is 0 Å². The minimum Gasteiger partial charge on any atom is -0.462 e. The topological polar surface area (TPSA) is 94.3 Å². The van der Waals surface area contributed by atoms with Crippen molar-refractivity contribution in [3.63, 3.8) is 0 Å². The Kier molecular flexibility index (Phi) is 7.50. The molecule has 7 nitrogen and oxygen atoms in total. The highest BCUT2D eigenvalue weighted by molar-refractivity contribution is 7.99. The van der Waals surface area contributed by atoms with E-state index in [1.54, 1.807) is 13.0 Å². The van der Waals surface area contributed by atoms with Crippen molar-refractivity contribution in [2.45, 2.75) is 63.5 Å². The molecule has 1 fully saturated rings. The van der Waals surface area contributed by atoms with Gasteiger partial charge in [-0.3, -0.25) is 4.79 Å². The Hall–Kier alpha value is -1.87. The molecule has 1 amide bonds. The summed E-state index contributed by atoms with van der Waals surface area (Å²) in [6, 6.07) is 1.78. The predicted octanol–water partition coefficient (Wildman–Crippen LogP) is 4.65. The van der Waals surface area contributed by atoms with Crippen molar-refractivity contribution in [2.75, 3.05) is 17.7 Å². The van der Waals surface area contributed by atoms with Crippen molar-refractivity contribution in [3.05, 3.63) is 22.4 Å². The van der Waals surface area contributed by atoms with Crippen LogP contribution in [-0.4, -0.2) is 34.4 Å². The highest BCUT2D eigenvalue weighted by Gasteiger charge is 2.22. The van der Waals surface area contributed by atoms with Gasteiger partial charge in [-0.1, -0.05) is 37.9 Å². The van der Waals surface area contributed by atoms with Gasteiger partial charge in [-0.15, -0.1) is 21.5 Å². The number of hydrogen-bond donors (Lipinski definition) is 1. The monoisotopic (exact) mass is 423 g/mol. The number of aryl methyl sites for hydroxylation is 1. The lowest BCUT2D eigenvalue weighted by Gasteiger charge is -2.17. The van der Waals surface area contributed by atoms with Crippen LogP contribution in [0.5, 0.6) is 0 Å². The predicted molar refractivity (Wildman–Crippen MR) is 109 cm³/mol. The summed E-state index contributed by atoms with van der Waals surface area (Å²) < 4.78 is 10.8. The number of hydrogen-bond acceptors (Lipinski definition) is 8. The molecule has 0 aromatic carbocycles. The zero-order chi connectivity index (χ0) is 19.9. The van der Waals surface area contributed by atoms with Crippen molar-refractivity contribution >= 4 is 40.0 Å². The van der Waals surface area contributed by atoms with E-state index in [9.17, 15) is 9.59 Å². The molecule has 2 aromatic rings. The van der Waals surface area contributed by atoms with Gasteiger partial charge in [-0.2, -0.15) is 0 Å². The average molecular weight is 424 g/mol. The zero-order valence-electron chi connectivity index (χ0n) is 16.2. The second kappa shape index (κ2) is 10.1. The maximum Gasteiger partial charge on any atom is 0.341 e. The number of nitrogens with zero attached hydrogens (tertiary/aromatic N) is 2. The van der Waals surface area contributed by atoms with Crippen molar-refractivity contribution in [3.8, 4) is 0 Å². The number of esters is 1. The molecule has 0 unspecified atom stereocenters. The van der Waals surface area contributed by atoms with Gasteiger partial charge in [0, 0.05) is 10.8 Å². The first-order chi connectivity index (χ1) is 13.6. The number of amides is 1. The lowest BCUT2D eigenvalue weighted by atomic mass is 9.89. The van der Waals surface area contributed by atoms with Gasteiger partial charge in [-0.25, -0.2) is 4.79 Å². The molecule has 1 N–H and O–H groups in total. The third-order valence-corrected chi connectivity index (χ3v) is 6.60. The Balaban J connectivity index is 1.56. The van der Waals surface area contributed by atoms with Crippen LogP contribution in [0.25, 0.3) is 0 Å². The van der Waals surface area contributed by atoms with Crippen LogP contribution in [0.4, 0.5) is 5.00 Å². The first kappa shape index (κ1) is 20.9. The number of thioether (sulfide) groups is 1. The fraction of sp³-hybridized carbons (Fsp3) is 0.579. The Morgan fingerprint density at radius 2 is 2.07 bits per heavy atom. The van der Waals surface area contributed by atoms with Gasteiger partial charge >= 0.3 is 5.97 Å². The fourth-order valence-corrected chi connectivity index (χ4v) is 4.72. The summed E-state index contributed by atoms with van der Waals surface area (Å²) in [4.78, 5) is 25.5. The first-order valence-corrected chi connectivity index (χ1v) is 11.5. The quantitative estimate of drug-likeness (QED) is 0.488. The molecular formula is C19H25N3O4S2. The summed E-state index contributed by atoms with van der Waals surface area (Å²) >= 11 is 2.60. The molecule has 28 heavy (non-hydrogen) atoms. The van der Waals surface area contributed by atoms with E-state index in [-0.39, 0.29) is 11.7 Å². The number of carbonyl (C=O) groups is 2. The summed E-state index contributed by atoms with van der Waals surface area (Å²) in [6.45, 7) is 4.05. The van der Waals surface area contributed by atoms with Gasteiger partial charge in [0.1, 0.15) is 5.00 Å². The summed E-state index contributed by atoms with van der Waals surface area (Å²) in [6.07, 6.45) is 6.61. The largest absolute Gasteiger partial charge is 0.462 e. The zero-order valence-corrected chi connectivity index (χ0v) is 17.8. The molecule has 0 spiro atoms. The second-order valence-electron chi connectivity index (χ2n) is 6.61. The standard InChI is InChI=1S/C19H25N3O4S2/c1-3-13-10-14(18(24)25-4-2)17(28-13)20-15(23)11-27-19-22-21-16(26-19)12-8-6-5-7-9-12/h10,12H,3-9,11H2,1-2H3,(H,20,23). The van der Waals surface area contributed by atoms with E-state index in [1.165, 1.54) is 42.4 Å². The number of rotatable bonds is 8. The number of ether oxygens (including phenoxy) is 1. The lowest BCUT2D eigenvalue weighted by molar-refractivity contribution is -0.113. The molecule has 152 valence electrons. The molecule has 9 heteroatoms. The molecule has 0 saturated heterocycles. The molecule has 1 aliphatic carbocycles. The Morgan fingerprint density at radius 1 is 1.29 bits per heavy atom. The summed E-state index contributed by atoms with van der Waals surface area (Å²) in [5.41, 5.74) is 0.402. The normalized spacial score (nSPS) is 14.8. The smallest absolute Gasteiger partial charge is 0.341 e. The number of carbonyl (C=O) groups excluding carboxylic acids is 2. The Bertz CT molecular complexity index is 812. The second-order valence-corrected chi connectivity index (χ2v) is 8.67. The van der Waals surface area contributed by atoms with Crippen LogP contribution in [0.15, 0.2) is 15.7 Å². The molecule has 0 bridgehead atoms. The van der Waals surface area contributed by atoms with E-state index in [0.717, 1.165) is 24.1 Å². The lowest BCUT2D eigenvalue weighted by Crippen LogP contribution is -2.15. The molecule has 2 heterocycles. The van der Waals surface area contributed by atoms with Gasteiger partial charge in [-0.05, 0) is 32.3 Å². The van der Waals surface area contributed by atoms with Crippen molar-refractivity contribution in [1.82, 2.24) is 10.2 Å². The first-order valence-electron chi connectivity index (χ1n) is 9.66. The minimum absolute atomic E-state index is 0.133. The molecule has 2 aromatic heterocycles. The van der Waals surface area contributed by atoms with Gasteiger partial charge < -0.3 is 14.5 Å². The van der Waals surface area contributed by atoms with Gasteiger partial charge in [0.2, 0.25) is 11.8 Å². The van der Waals surface area contributed by atoms with E-state index in [2.05, 4.69) is 15.5 Å². The summed E-state index contributed by atoms with van der Waals surface area (Å²) in [5, 5.41) is 11.9. The molecule has 3 rings (SSSR count). The third kappa shape index (κ3) is 5.35. The molecule has 0 aliphatic heterocycles. The van der Waals surface area contributed by atoms with E-state index in [1.807, 2.05) is 6.92 Å². The van der Waals surface area contributed by atoms with Crippen molar-refractivity contribution in [2.24, 2.45) is 0 Å². The Labute approximate surface area is 172 Å². The van der Waals surface area contributed by atoms with Crippen LogP contribution in [-0.2, 0) is 16.0 Å². The van der Waals surface area contributed by atoms with E-state index in [0.29, 0.717) is 34.2 Å². The number of anilines is 1. The molecule has 0 radical (unpaired) electrons. The van der Waals surface area contributed by atoms with Crippen LogP contribution < -0.4 is 5.32 Å². The van der Waals surface area contributed by atoms with E-state index in [4.69, 9.17) is 9.15 Å². The third-order valence-electron chi connectivity index (χ3n) is 4.58. The maximum atomic E-state index is 12.4. The summed E-state index contributed by atoms with van der Waals surface area (Å²) in [7, 11) is 0. The average Bonchev–Trinajstić information content (AvgIpc) is 3.34. The Morgan fingerprint density at radius 3 is 2.79 bits per heavy atom. The minimum atomic E-state index is -0.421. The van der Waals surface area contributed by atoms with Crippen LogP contribution in [0.3, 0.4) is 0 Å². The number of thiophene rings is 1. The molecule has 1 saturated carbocycles. The van der Waals surface area contributed by atoms with Crippen LogP contribution >= 0.6 is 23.1 Å². The molecule has 1 aliphatic rings. The molecular weight excluding hydrogens is 398 g/mol. The fourth-order valence-electron chi connectivity index (χ4n) is 3.15. The highest BCUT2D eigenvalue weighted by atomic mass is 32.2. The van der Waals surface area contributed by atoms with E-state index >= 15 is 0 Å². The van der Waals surface area contributed by atoms with Crippen LogP contribution in [0, 0.1) is 0 Å². The molecule has 0 atom stereocenters. The number of nitrogens with one attached hydrogen (secondary N) is 1. The van der Waals surface area contributed by atoms with Gasteiger partial charge in [0.25, 0.3) is 5.22 Å². The number of aromatic nitrogens is 2. The van der Waals surface area contributed by atoms with Crippen LogP contribution in [0.1, 0.15) is 73.0 Å². The van der Waals surface area contributed by atoms with Crippen molar-refractivity contribution in [1.29, 1.82) is 0 Å². The van der Waals surface area contributed by atoms with Gasteiger partial charge in [0.05, 0.1) is 17.9 Å². The highest BCUT2D eigenvalue weighted by Crippen LogP contribution is 2.33. The van der Waals surface area contributed by atoms with E-state index < -0.39 is 5.97 Å². The SMILES string of the molecule is CCOC(=O)c1cc(CC)sc1NC(=O)CSc1nnc(C2CCCCC2)o1. The van der Waals surface area contributed by atoms with Crippen LogP contribution in [0.2, 0.25) is 0 Å². The maximum absolute atomic E-state index is 12.4. The van der Waals surface area contributed by atoms with Crippen molar-refractivity contribution < 1.29 is 18.7 Å².